The van der Waals surface area contributed by atoms with Gasteiger partial charge in [0.05, 0.1) is 10.7 Å². The molecule has 2 rings (SSSR count). The largest absolute Gasteiger partial charge is 0.370 e. The first-order chi connectivity index (χ1) is 8.70. The highest BCUT2D eigenvalue weighted by Gasteiger charge is 2.23. The van der Waals surface area contributed by atoms with E-state index in [1.165, 1.54) is 6.08 Å². The van der Waals surface area contributed by atoms with Crippen molar-refractivity contribution in [2.75, 3.05) is 24.5 Å². The molecule has 1 atom stereocenters. The van der Waals surface area contributed by atoms with E-state index >= 15 is 0 Å². The van der Waals surface area contributed by atoms with Crippen LogP contribution in [-0.2, 0) is 4.79 Å². The maximum Gasteiger partial charge on any atom is 0.243 e. The van der Waals surface area contributed by atoms with Crippen LogP contribution in [0.1, 0.15) is 6.42 Å². The molecular weight excluding hydrogens is 248 g/mol. The van der Waals surface area contributed by atoms with E-state index < -0.39 is 0 Å². The lowest BCUT2D eigenvalue weighted by Crippen LogP contribution is -2.29. The number of rotatable bonds is 4. The number of benzene rings is 1. The normalized spacial score (nSPS) is 18.7. The van der Waals surface area contributed by atoms with Crippen molar-refractivity contribution < 1.29 is 4.79 Å². The van der Waals surface area contributed by atoms with Crippen LogP contribution in [0.25, 0.3) is 0 Å². The second-order valence-corrected chi connectivity index (χ2v) is 4.91. The molecule has 0 saturated carbocycles. The molecule has 1 aromatic rings. The Hall–Kier alpha value is -1.48. The second-order valence-electron chi connectivity index (χ2n) is 4.50. The number of nitrogens with zero attached hydrogens (tertiary/aromatic N) is 1. The highest BCUT2D eigenvalue weighted by atomic mass is 35.5. The predicted octanol–water partition coefficient (Wildman–Crippen LogP) is 2.47. The molecule has 1 heterocycles. The number of carbonyl (C=O) groups excluding carboxylic acids is 1. The number of hydrogen-bond donors (Lipinski definition) is 1. The van der Waals surface area contributed by atoms with Crippen LogP contribution in [0.5, 0.6) is 0 Å². The SMILES string of the molecule is C=CC(=O)NCC1CCN(c2ccccc2Cl)C1. The molecule has 1 N–H and O–H groups in total. The Bertz CT molecular complexity index is 447. The average Bonchev–Trinajstić information content (AvgIpc) is 2.85. The summed E-state index contributed by atoms with van der Waals surface area (Å²) in [4.78, 5) is 13.4. The van der Waals surface area contributed by atoms with Gasteiger partial charge in [0.25, 0.3) is 0 Å². The summed E-state index contributed by atoms with van der Waals surface area (Å²) in [5.41, 5.74) is 1.08. The van der Waals surface area contributed by atoms with Crippen LogP contribution in [0.2, 0.25) is 5.02 Å². The monoisotopic (exact) mass is 264 g/mol. The Labute approximate surface area is 112 Å². The zero-order valence-electron chi connectivity index (χ0n) is 10.2. The topological polar surface area (TPSA) is 32.3 Å². The van der Waals surface area contributed by atoms with E-state index in [4.69, 9.17) is 11.6 Å². The third-order valence-corrected chi connectivity index (χ3v) is 3.55. The van der Waals surface area contributed by atoms with Gasteiger partial charge in [-0.2, -0.15) is 0 Å². The van der Waals surface area contributed by atoms with E-state index in [0.29, 0.717) is 12.5 Å². The number of halogens is 1. The van der Waals surface area contributed by atoms with Crippen LogP contribution in [0.3, 0.4) is 0 Å². The van der Waals surface area contributed by atoms with Crippen molar-refractivity contribution in [2.24, 2.45) is 5.92 Å². The zero-order chi connectivity index (χ0) is 13.0. The minimum Gasteiger partial charge on any atom is -0.370 e. The van der Waals surface area contributed by atoms with Gasteiger partial charge in [-0.15, -0.1) is 0 Å². The van der Waals surface area contributed by atoms with Gasteiger partial charge in [-0.05, 0) is 30.5 Å². The molecule has 0 radical (unpaired) electrons. The summed E-state index contributed by atoms with van der Waals surface area (Å²) in [5, 5.41) is 3.63. The summed E-state index contributed by atoms with van der Waals surface area (Å²) in [7, 11) is 0. The number of amides is 1. The fraction of sp³-hybridized carbons (Fsp3) is 0.357. The summed E-state index contributed by atoms with van der Waals surface area (Å²) in [5.74, 6) is 0.372. The smallest absolute Gasteiger partial charge is 0.243 e. The van der Waals surface area contributed by atoms with Gasteiger partial charge in [0.15, 0.2) is 0 Å². The summed E-state index contributed by atoms with van der Waals surface area (Å²) in [6.07, 6.45) is 2.38. The Morgan fingerprint density at radius 2 is 2.33 bits per heavy atom. The molecule has 0 spiro atoms. The minimum absolute atomic E-state index is 0.105. The van der Waals surface area contributed by atoms with Gasteiger partial charge in [-0.3, -0.25) is 4.79 Å². The summed E-state index contributed by atoms with van der Waals surface area (Å²) in [6.45, 7) is 6.06. The van der Waals surface area contributed by atoms with Crippen molar-refractivity contribution in [3.63, 3.8) is 0 Å². The third kappa shape index (κ3) is 3.05. The van der Waals surface area contributed by atoms with Crippen LogP contribution in [0.15, 0.2) is 36.9 Å². The highest BCUT2D eigenvalue weighted by molar-refractivity contribution is 6.33. The van der Waals surface area contributed by atoms with Crippen LogP contribution < -0.4 is 10.2 Å². The maximum atomic E-state index is 11.1. The molecule has 96 valence electrons. The van der Waals surface area contributed by atoms with E-state index in [1.54, 1.807) is 0 Å². The van der Waals surface area contributed by atoms with Gasteiger partial charge in [0.2, 0.25) is 5.91 Å². The molecular formula is C14H17ClN2O. The fourth-order valence-corrected chi connectivity index (χ4v) is 2.50. The lowest BCUT2D eigenvalue weighted by atomic mass is 10.1. The van der Waals surface area contributed by atoms with Crippen molar-refractivity contribution in [1.29, 1.82) is 0 Å². The van der Waals surface area contributed by atoms with Crippen LogP contribution in [0.4, 0.5) is 5.69 Å². The number of carbonyl (C=O) groups is 1. The van der Waals surface area contributed by atoms with Gasteiger partial charge in [0.1, 0.15) is 0 Å². The predicted molar refractivity (Wildman–Crippen MR) is 75.0 cm³/mol. The van der Waals surface area contributed by atoms with E-state index in [-0.39, 0.29) is 5.91 Å². The van der Waals surface area contributed by atoms with Crippen LogP contribution in [0, 0.1) is 5.92 Å². The Morgan fingerprint density at radius 1 is 1.56 bits per heavy atom. The van der Waals surface area contributed by atoms with E-state index in [0.717, 1.165) is 30.2 Å². The van der Waals surface area contributed by atoms with E-state index in [2.05, 4.69) is 16.8 Å². The fourth-order valence-electron chi connectivity index (χ4n) is 2.24. The molecule has 1 unspecified atom stereocenters. The molecule has 3 nitrogen and oxygen atoms in total. The molecule has 1 fully saturated rings. The quantitative estimate of drug-likeness (QED) is 0.848. The van der Waals surface area contributed by atoms with Gasteiger partial charge in [0, 0.05) is 19.6 Å². The molecule has 0 aromatic heterocycles. The van der Waals surface area contributed by atoms with Crippen molar-refractivity contribution >= 4 is 23.2 Å². The Kier molecular flexibility index (Phi) is 4.26. The van der Waals surface area contributed by atoms with Gasteiger partial charge in [-0.25, -0.2) is 0 Å². The van der Waals surface area contributed by atoms with Crippen LogP contribution >= 0.6 is 11.6 Å². The maximum absolute atomic E-state index is 11.1. The molecule has 0 aliphatic carbocycles. The lowest BCUT2D eigenvalue weighted by molar-refractivity contribution is -0.116. The molecule has 4 heteroatoms. The molecule has 0 bridgehead atoms. The molecule has 1 aromatic carbocycles. The molecule has 1 aliphatic heterocycles. The highest BCUT2D eigenvalue weighted by Crippen LogP contribution is 2.29. The molecule has 1 aliphatic rings. The number of nitrogens with one attached hydrogen (secondary N) is 1. The first-order valence-corrected chi connectivity index (χ1v) is 6.48. The first kappa shape index (κ1) is 13.0. The standard InChI is InChI=1S/C14H17ClN2O/c1-2-14(18)16-9-11-7-8-17(10-11)13-6-4-3-5-12(13)15/h2-6,11H,1,7-10H2,(H,16,18). The Balaban J connectivity index is 1.90. The Morgan fingerprint density at radius 3 is 3.06 bits per heavy atom. The van der Waals surface area contributed by atoms with Crippen LogP contribution in [-0.4, -0.2) is 25.5 Å². The number of para-hydroxylation sites is 1. The van der Waals surface area contributed by atoms with Gasteiger partial charge >= 0.3 is 0 Å². The summed E-state index contributed by atoms with van der Waals surface area (Å²) >= 11 is 6.18. The van der Waals surface area contributed by atoms with E-state index in [1.807, 2.05) is 24.3 Å². The third-order valence-electron chi connectivity index (χ3n) is 3.23. The first-order valence-electron chi connectivity index (χ1n) is 6.10. The number of hydrogen-bond acceptors (Lipinski definition) is 2. The minimum atomic E-state index is -0.105. The van der Waals surface area contributed by atoms with Crippen molar-refractivity contribution in [2.45, 2.75) is 6.42 Å². The number of anilines is 1. The van der Waals surface area contributed by atoms with Crippen molar-refractivity contribution in [3.05, 3.63) is 41.9 Å². The molecule has 18 heavy (non-hydrogen) atoms. The average molecular weight is 265 g/mol. The lowest BCUT2D eigenvalue weighted by Gasteiger charge is -2.20. The van der Waals surface area contributed by atoms with Crippen molar-refractivity contribution in [1.82, 2.24) is 5.32 Å². The molecule has 1 saturated heterocycles. The van der Waals surface area contributed by atoms with Crippen molar-refractivity contribution in [3.8, 4) is 0 Å². The zero-order valence-corrected chi connectivity index (χ0v) is 11.0. The van der Waals surface area contributed by atoms with Gasteiger partial charge < -0.3 is 10.2 Å². The molecule has 1 amide bonds. The summed E-state index contributed by atoms with van der Waals surface area (Å²) < 4.78 is 0. The van der Waals surface area contributed by atoms with Gasteiger partial charge in [-0.1, -0.05) is 30.3 Å². The van der Waals surface area contributed by atoms with E-state index in [9.17, 15) is 4.79 Å². The second kappa shape index (κ2) is 5.91. The summed E-state index contributed by atoms with van der Waals surface area (Å²) in [6, 6.07) is 7.87.